The minimum Gasteiger partial charge on any atom is -0.493 e. The zero-order chi connectivity index (χ0) is 16.9. The van der Waals surface area contributed by atoms with Gasteiger partial charge in [0.05, 0.1) is 19.7 Å². The summed E-state index contributed by atoms with van der Waals surface area (Å²) in [6.45, 7) is 0. The first-order valence-electron chi connectivity index (χ1n) is 7.50. The summed E-state index contributed by atoms with van der Waals surface area (Å²) in [6.07, 6.45) is 5.05. The molecule has 4 heteroatoms. The second kappa shape index (κ2) is 6.96. The van der Waals surface area contributed by atoms with Crippen LogP contribution in [0.1, 0.15) is 15.9 Å². The quantitative estimate of drug-likeness (QED) is 0.523. The van der Waals surface area contributed by atoms with Crippen LogP contribution in [0.2, 0.25) is 0 Å². The normalized spacial score (nSPS) is 10.9. The van der Waals surface area contributed by atoms with Crippen molar-refractivity contribution in [2.45, 2.75) is 0 Å². The first-order valence-corrected chi connectivity index (χ1v) is 7.50. The van der Waals surface area contributed by atoms with E-state index in [0.29, 0.717) is 17.1 Å². The number of allylic oxidation sites excluding steroid dienone is 1. The summed E-state index contributed by atoms with van der Waals surface area (Å²) < 4.78 is 10.4. The number of carbonyl (C=O) groups excluding carboxylic acids is 1. The number of nitrogens with zero attached hydrogens (tertiary/aromatic N) is 1. The summed E-state index contributed by atoms with van der Waals surface area (Å²) >= 11 is 0. The van der Waals surface area contributed by atoms with Crippen molar-refractivity contribution < 1.29 is 14.3 Å². The molecule has 3 rings (SSSR count). The molecule has 0 saturated carbocycles. The number of ether oxygens (including phenoxy) is 2. The molecule has 3 aromatic rings. The second-order valence-electron chi connectivity index (χ2n) is 5.23. The SMILES string of the molecule is COc1ccc(C(=O)/C=C/c2cnc3ccccc3c2)cc1OC. The maximum atomic E-state index is 12.3. The van der Waals surface area contributed by atoms with Gasteiger partial charge in [0.1, 0.15) is 0 Å². The zero-order valence-corrected chi connectivity index (χ0v) is 13.5. The molecule has 0 amide bonds. The summed E-state index contributed by atoms with van der Waals surface area (Å²) in [5.41, 5.74) is 2.35. The van der Waals surface area contributed by atoms with Crippen LogP contribution in [0.3, 0.4) is 0 Å². The van der Waals surface area contributed by atoms with Crippen molar-refractivity contribution in [1.29, 1.82) is 0 Å². The number of rotatable bonds is 5. The van der Waals surface area contributed by atoms with Crippen LogP contribution >= 0.6 is 0 Å². The molecule has 2 aromatic carbocycles. The van der Waals surface area contributed by atoms with Crippen LogP contribution in [0, 0.1) is 0 Å². The van der Waals surface area contributed by atoms with Crippen molar-refractivity contribution in [3.8, 4) is 11.5 Å². The standard InChI is InChI=1S/C20H17NO3/c1-23-19-10-8-16(12-20(19)24-2)18(22)9-7-14-11-15-5-3-4-6-17(15)21-13-14/h3-13H,1-2H3/b9-7+. The molecule has 1 heterocycles. The number of ketones is 1. The third-order valence-corrected chi connectivity index (χ3v) is 3.71. The molecule has 0 aliphatic heterocycles. The lowest BCUT2D eigenvalue weighted by molar-refractivity contribution is 0.104. The molecule has 0 radical (unpaired) electrons. The highest BCUT2D eigenvalue weighted by Crippen LogP contribution is 2.27. The Hall–Kier alpha value is -3.14. The van der Waals surface area contributed by atoms with Crippen LogP contribution in [-0.4, -0.2) is 25.0 Å². The van der Waals surface area contributed by atoms with E-state index in [9.17, 15) is 4.79 Å². The summed E-state index contributed by atoms with van der Waals surface area (Å²) in [4.78, 5) is 16.7. The summed E-state index contributed by atoms with van der Waals surface area (Å²) in [6, 6.07) is 15.0. The molecule has 120 valence electrons. The Morgan fingerprint density at radius 2 is 1.79 bits per heavy atom. The van der Waals surface area contributed by atoms with Crippen molar-refractivity contribution >= 4 is 22.8 Å². The molecule has 0 bridgehead atoms. The smallest absolute Gasteiger partial charge is 0.185 e. The Kier molecular flexibility index (Phi) is 4.57. The highest BCUT2D eigenvalue weighted by molar-refractivity contribution is 6.07. The predicted octanol–water partition coefficient (Wildman–Crippen LogP) is 4.15. The van der Waals surface area contributed by atoms with Crippen LogP contribution in [0.15, 0.2) is 60.8 Å². The molecule has 1 aromatic heterocycles. The third-order valence-electron chi connectivity index (χ3n) is 3.71. The summed E-state index contributed by atoms with van der Waals surface area (Å²) in [7, 11) is 3.11. The first kappa shape index (κ1) is 15.7. The third kappa shape index (κ3) is 3.27. The number of hydrogen-bond donors (Lipinski definition) is 0. The van der Waals surface area contributed by atoms with E-state index in [1.165, 1.54) is 6.08 Å². The van der Waals surface area contributed by atoms with Gasteiger partial charge in [0.15, 0.2) is 17.3 Å². The Morgan fingerprint density at radius 1 is 1.00 bits per heavy atom. The average Bonchev–Trinajstić information content (AvgIpc) is 2.65. The molecule has 0 N–H and O–H groups in total. The molecule has 0 unspecified atom stereocenters. The summed E-state index contributed by atoms with van der Waals surface area (Å²) in [5, 5.41) is 1.04. The Bertz CT molecular complexity index is 916. The number of aromatic nitrogens is 1. The predicted molar refractivity (Wildman–Crippen MR) is 94.7 cm³/mol. The Labute approximate surface area is 140 Å². The fraction of sp³-hybridized carbons (Fsp3) is 0.100. The van der Waals surface area contributed by atoms with E-state index in [2.05, 4.69) is 4.98 Å². The minimum atomic E-state index is -0.107. The molecule has 0 fully saturated rings. The fourth-order valence-electron chi connectivity index (χ4n) is 2.44. The van der Waals surface area contributed by atoms with Gasteiger partial charge in [-0.3, -0.25) is 9.78 Å². The van der Waals surface area contributed by atoms with Gasteiger partial charge in [0, 0.05) is 17.1 Å². The van der Waals surface area contributed by atoms with Crippen molar-refractivity contribution in [1.82, 2.24) is 4.98 Å². The fourth-order valence-corrected chi connectivity index (χ4v) is 2.44. The van der Waals surface area contributed by atoms with Gasteiger partial charge in [-0.15, -0.1) is 0 Å². The number of hydrogen-bond acceptors (Lipinski definition) is 4. The van der Waals surface area contributed by atoms with Gasteiger partial charge < -0.3 is 9.47 Å². The van der Waals surface area contributed by atoms with Gasteiger partial charge in [-0.1, -0.05) is 18.2 Å². The molecule has 4 nitrogen and oxygen atoms in total. The van der Waals surface area contributed by atoms with E-state index in [0.717, 1.165) is 16.5 Å². The number of benzene rings is 2. The Balaban J connectivity index is 1.83. The van der Waals surface area contributed by atoms with Gasteiger partial charge in [-0.25, -0.2) is 0 Å². The zero-order valence-electron chi connectivity index (χ0n) is 13.5. The van der Waals surface area contributed by atoms with Crippen LogP contribution < -0.4 is 9.47 Å². The maximum absolute atomic E-state index is 12.3. The molecule has 0 aliphatic carbocycles. The molecule has 0 atom stereocenters. The highest BCUT2D eigenvalue weighted by atomic mass is 16.5. The van der Waals surface area contributed by atoms with Crippen molar-refractivity contribution in [2.75, 3.05) is 14.2 Å². The molecular weight excluding hydrogens is 302 g/mol. The highest BCUT2D eigenvalue weighted by Gasteiger charge is 2.08. The first-order chi connectivity index (χ1) is 11.7. The van der Waals surface area contributed by atoms with E-state index in [1.54, 1.807) is 44.7 Å². The second-order valence-corrected chi connectivity index (χ2v) is 5.23. The van der Waals surface area contributed by atoms with Crippen molar-refractivity contribution in [2.24, 2.45) is 0 Å². The summed E-state index contributed by atoms with van der Waals surface area (Å²) in [5.74, 6) is 1.02. The lowest BCUT2D eigenvalue weighted by atomic mass is 10.1. The monoisotopic (exact) mass is 319 g/mol. The van der Waals surface area contributed by atoms with Crippen LogP contribution in [0.4, 0.5) is 0 Å². The van der Waals surface area contributed by atoms with Crippen LogP contribution in [0.25, 0.3) is 17.0 Å². The lowest BCUT2D eigenvalue weighted by Crippen LogP contribution is -1.97. The van der Waals surface area contributed by atoms with Crippen LogP contribution in [0.5, 0.6) is 11.5 Å². The number of carbonyl (C=O) groups is 1. The number of methoxy groups -OCH3 is 2. The van der Waals surface area contributed by atoms with Crippen molar-refractivity contribution in [3.63, 3.8) is 0 Å². The Morgan fingerprint density at radius 3 is 2.58 bits per heavy atom. The molecule has 0 spiro atoms. The molecule has 24 heavy (non-hydrogen) atoms. The van der Waals surface area contributed by atoms with E-state index >= 15 is 0 Å². The van der Waals surface area contributed by atoms with Gasteiger partial charge in [0.25, 0.3) is 0 Å². The maximum Gasteiger partial charge on any atom is 0.185 e. The average molecular weight is 319 g/mol. The largest absolute Gasteiger partial charge is 0.493 e. The van der Waals surface area contributed by atoms with Gasteiger partial charge in [-0.2, -0.15) is 0 Å². The van der Waals surface area contributed by atoms with E-state index in [4.69, 9.17) is 9.47 Å². The lowest BCUT2D eigenvalue weighted by Gasteiger charge is -2.08. The van der Waals surface area contributed by atoms with Gasteiger partial charge in [0.2, 0.25) is 0 Å². The van der Waals surface area contributed by atoms with E-state index < -0.39 is 0 Å². The number of pyridine rings is 1. The topological polar surface area (TPSA) is 48.4 Å². The van der Waals surface area contributed by atoms with Crippen LogP contribution in [-0.2, 0) is 0 Å². The van der Waals surface area contributed by atoms with Gasteiger partial charge in [-0.05, 0) is 48.0 Å². The number of para-hydroxylation sites is 1. The molecule has 0 saturated heterocycles. The number of fused-ring (bicyclic) bond motifs is 1. The molecule has 0 aliphatic rings. The van der Waals surface area contributed by atoms with Gasteiger partial charge >= 0.3 is 0 Å². The van der Waals surface area contributed by atoms with E-state index in [-0.39, 0.29) is 5.78 Å². The van der Waals surface area contributed by atoms with E-state index in [1.807, 2.05) is 30.3 Å². The minimum absolute atomic E-state index is 0.107. The molecular formula is C20H17NO3. The van der Waals surface area contributed by atoms with Crippen molar-refractivity contribution in [3.05, 3.63) is 71.9 Å².